The number of aryl methyl sites for hydroxylation is 2. The number of fused-ring (bicyclic) bond motifs is 2. The lowest BCUT2D eigenvalue weighted by atomic mass is 9.96. The number of carbonyl (C=O) groups excluding carboxylic acids is 2. The number of amides is 2. The van der Waals surface area contributed by atoms with Gasteiger partial charge in [0.05, 0.1) is 16.3 Å². The summed E-state index contributed by atoms with van der Waals surface area (Å²) in [5.74, 6) is -0.198. The maximum absolute atomic E-state index is 12.4. The average molecular weight is 738 g/mol. The highest BCUT2D eigenvalue weighted by Crippen LogP contribution is 2.30. The molecule has 2 aliphatic rings. The minimum Gasteiger partial charge on any atom is -0.399 e. The normalized spacial score (nSPS) is 13.5. The van der Waals surface area contributed by atoms with E-state index in [0.717, 1.165) is 44.8 Å². The van der Waals surface area contributed by atoms with Crippen molar-refractivity contribution >= 4 is 70.0 Å². The van der Waals surface area contributed by atoms with Crippen LogP contribution in [0.25, 0.3) is 12.2 Å². The Kier molecular flexibility index (Phi) is 11.4. The highest BCUT2D eigenvalue weighted by Gasteiger charge is 2.24. The van der Waals surface area contributed by atoms with E-state index >= 15 is 0 Å². The van der Waals surface area contributed by atoms with Gasteiger partial charge >= 0.3 is 0 Å². The number of halogens is 2. The monoisotopic (exact) mass is 736 g/mol. The lowest BCUT2D eigenvalue weighted by molar-refractivity contribution is -0.385. The van der Waals surface area contributed by atoms with Crippen molar-refractivity contribution in [2.45, 2.75) is 54.4 Å². The van der Waals surface area contributed by atoms with Gasteiger partial charge in [0.2, 0.25) is 11.8 Å². The van der Waals surface area contributed by atoms with Crippen LogP contribution in [0.5, 0.6) is 0 Å². The van der Waals surface area contributed by atoms with E-state index in [1.165, 1.54) is 16.1 Å². The van der Waals surface area contributed by atoms with Crippen molar-refractivity contribution in [2.75, 3.05) is 5.73 Å². The molecule has 2 heterocycles. The van der Waals surface area contributed by atoms with Crippen LogP contribution in [0, 0.1) is 24.0 Å². The Morgan fingerprint density at radius 1 is 0.692 bits per heavy atom. The number of rotatable bonds is 5. The Labute approximate surface area is 312 Å². The van der Waals surface area contributed by atoms with Gasteiger partial charge < -0.3 is 5.73 Å². The van der Waals surface area contributed by atoms with Gasteiger partial charge in [-0.2, -0.15) is 10.2 Å². The largest absolute Gasteiger partial charge is 0.399 e. The topological polar surface area (TPSA) is 134 Å². The van der Waals surface area contributed by atoms with Crippen LogP contribution in [0.2, 0.25) is 10.0 Å². The summed E-state index contributed by atoms with van der Waals surface area (Å²) in [6.07, 6.45) is 4.52. The van der Waals surface area contributed by atoms with Gasteiger partial charge in [-0.25, -0.2) is 10.0 Å². The summed E-state index contributed by atoms with van der Waals surface area (Å²) in [5, 5.41) is 24.4. The smallest absolute Gasteiger partial charge is 0.272 e. The second kappa shape index (κ2) is 15.8. The van der Waals surface area contributed by atoms with Crippen molar-refractivity contribution in [1.82, 2.24) is 10.0 Å². The third kappa shape index (κ3) is 7.98. The summed E-state index contributed by atoms with van der Waals surface area (Å²) < 4.78 is 0. The van der Waals surface area contributed by atoms with E-state index in [2.05, 4.69) is 10.2 Å². The number of nitrogens with zero attached hydrogens (tertiary/aromatic N) is 5. The molecule has 266 valence electrons. The molecule has 0 spiro atoms. The second-order valence-electron chi connectivity index (χ2n) is 12.4. The maximum Gasteiger partial charge on any atom is 0.272 e. The molecule has 0 atom stereocenters. The van der Waals surface area contributed by atoms with E-state index in [-0.39, 0.29) is 17.5 Å². The van der Waals surface area contributed by atoms with Crippen LogP contribution in [0.1, 0.15) is 85.0 Å². The first kappa shape index (κ1) is 37.7. The molecule has 4 aromatic rings. The minimum absolute atomic E-state index is 0.0371. The summed E-state index contributed by atoms with van der Waals surface area (Å²) >= 11 is 12.4. The van der Waals surface area contributed by atoms with Gasteiger partial charge in [0.15, 0.2) is 0 Å². The third-order valence-corrected chi connectivity index (χ3v) is 9.10. The standard InChI is InChI=1S/C20H18ClN3O3.C20H20ClN3O/c1-4-19(25)23-13(3)10-14-5-7-16(21)11-17(14)20(22-23)15-6-8-18(24(26)27)12(2)9-15;1-4-19(25)24-13(3)10-14-5-7-16(21)11-17(14)20(23-24)15-6-8-18(22)12(2)9-15/h5-11H,4H2,1-3H3;5-11H,4,22H2,1-3H3. The van der Waals surface area contributed by atoms with Gasteiger partial charge in [0.1, 0.15) is 0 Å². The minimum atomic E-state index is -0.419. The first-order valence-electron chi connectivity index (χ1n) is 16.6. The predicted octanol–water partition coefficient (Wildman–Crippen LogP) is 9.52. The molecule has 6 rings (SSSR count). The van der Waals surface area contributed by atoms with E-state index in [0.29, 0.717) is 51.1 Å². The third-order valence-electron chi connectivity index (χ3n) is 8.63. The first-order chi connectivity index (χ1) is 24.7. The fourth-order valence-corrected chi connectivity index (χ4v) is 6.16. The number of benzene rings is 4. The molecule has 0 radical (unpaired) electrons. The molecule has 0 saturated heterocycles. The molecule has 0 aromatic heterocycles. The quantitative estimate of drug-likeness (QED) is 0.124. The number of nitrogen functional groups attached to an aromatic ring is 1. The number of hydrogen-bond donors (Lipinski definition) is 1. The average Bonchev–Trinajstić information content (AvgIpc) is 3.35. The highest BCUT2D eigenvalue weighted by atomic mass is 35.5. The fourth-order valence-electron chi connectivity index (χ4n) is 5.82. The second-order valence-corrected chi connectivity index (χ2v) is 13.3. The molecule has 0 fully saturated rings. The SMILES string of the molecule is CCC(=O)N1N=C(c2ccc(N)c(C)c2)c2cc(Cl)ccc2C=C1C.CCC(=O)N1N=C(c2ccc([N+](=O)[O-])c(C)c2)c2cc(Cl)ccc2C=C1C. The zero-order chi connectivity index (χ0) is 37.9. The van der Waals surface area contributed by atoms with Crippen molar-refractivity contribution in [1.29, 1.82) is 0 Å². The number of anilines is 1. The molecular formula is C40H38Cl2N6O4. The Balaban J connectivity index is 0.000000202. The van der Waals surface area contributed by atoms with Gasteiger partial charge in [0.25, 0.3) is 5.69 Å². The van der Waals surface area contributed by atoms with Crippen LogP contribution >= 0.6 is 23.2 Å². The summed E-state index contributed by atoms with van der Waals surface area (Å²) in [4.78, 5) is 35.5. The Morgan fingerprint density at radius 2 is 1.13 bits per heavy atom. The molecule has 52 heavy (non-hydrogen) atoms. The van der Waals surface area contributed by atoms with Crippen LogP contribution in [-0.4, -0.2) is 38.2 Å². The molecule has 0 aliphatic carbocycles. The van der Waals surface area contributed by atoms with Crippen LogP contribution in [-0.2, 0) is 9.59 Å². The summed E-state index contributed by atoms with van der Waals surface area (Å²) in [6.45, 7) is 10.9. The van der Waals surface area contributed by atoms with E-state index < -0.39 is 4.92 Å². The van der Waals surface area contributed by atoms with Crippen molar-refractivity contribution in [3.63, 3.8) is 0 Å². The van der Waals surface area contributed by atoms with Gasteiger partial charge in [0, 0.05) is 73.9 Å². The fraction of sp³-hybridized carbons (Fsp3) is 0.200. The van der Waals surface area contributed by atoms with Gasteiger partial charge in [-0.1, -0.05) is 55.2 Å². The Hall–Kier alpha value is -5.58. The summed E-state index contributed by atoms with van der Waals surface area (Å²) in [7, 11) is 0. The van der Waals surface area contributed by atoms with Crippen molar-refractivity contribution < 1.29 is 14.5 Å². The van der Waals surface area contributed by atoms with E-state index in [1.807, 2.05) is 82.3 Å². The number of hydrogen-bond acceptors (Lipinski definition) is 7. The Bertz CT molecular complexity index is 2240. The van der Waals surface area contributed by atoms with Gasteiger partial charge in [-0.15, -0.1) is 0 Å². The predicted molar refractivity (Wildman–Crippen MR) is 209 cm³/mol. The zero-order valence-corrected chi connectivity index (χ0v) is 31.2. The number of nitro benzene ring substituents is 1. The Morgan fingerprint density at radius 3 is 1.54 bits per heavy atom. The van der Waals surface area contributed by atoms with E-state index in [4.69, 9.17) is 28.9 Å². The summed E-state index contributed by atoms with van der Waals surface area (Å²) in [5.41, 5.74) is 16.0. The number of nitro groups is 1. The molecule has 4 aromatic carbocycles. The van der Waals surface area contributed by atoms with Crippen molar-refractivity contribution in [2.24, 2.45) is 10.2 Å². The molecule has 2 aliphatic heterocycles. The number of nitrogens with two attached hydrogens (primary N) is 1. The van der Waals surface area contributed by atoms with Crippen molar-refractivity contribution in [3.05, 3.63) is 149 Å². The van der Waals surface area contributed by atoms with Crippen LogP contribution in [0.4, 0.5) is 11.4 Å². The zero-order valence-electron chi connectivity index (χ0n) is 29.7. The van der Waals surface area contributed by atoms with Crippen LogP contribution in [0.15, 0.2) is 94.4 Å². The first-order valence-corrected chi connectivity index (χ1v) is 17.4. The summed E-state index contributed by atoms with van der Waals surface area (Å²) in [6, 6.07) is 21.7. The molecule has 12 heteroatoms. The van der Waals surface area contributed by atoms with Crippen LogP contribution in [0.3, 0.4) is 0 Å². The molecule has 2 N–H and O–H groups in total. The lowest BCUT2D eigenvalue weighted by Crippen LogP contribution is -2.24. The van der Waals surface area contributed by atoms with Gasteiger partial charge in [-0.05, 0) is 105 Å². The molecule has 2 amide bonds. The van der Waals surface area contributed by atoms with E-state index in [1.54, 1.807) is 38.1 Å². The van der Waals surface area contributed by atoms with Crippen LogP contribution < -0.4 is 5.73 Å². The molecular weight excluding hydrogens is 699 g/mol. The molecule has 10 nitrogen and oxygen atoms in total. The number of hydrazone groups is 2. The maximum atomic E-state index is 12.4. The number of carbonyl (C=O) groups is 2. The molecule has 0 bridgehead atoms. The lowest BCUT2D eigenvalue weighted by Gasteiger charge is -2.17. The number of allylic oxidation sites excluding steroid dienone is 2. The van der Waals surface area contributed by atoms with Crippen molar-refractivity contribution in [3.8, 4) is 0 Å². The van der Waals surface area contributed by atoms with Gasteiger partial charge in [-0.3, -0.25) is 19.7 Å². The highest BCUT2D eigenvalue weighted by molar-refractivity contribution is 6.32. The molecule has 0 saturated carbocycles. The molecule has 0 unspecified atom stereocenters. The van der Waals surface area contributed by atoms with E-state index in [9.17, 15) is 19.7 Å².